The van der Waals surface area contributed by atoms with E-state index >= 15 is 0 Å². The molecule has 5 heteroatoms. The summed E-state index contributed by atoms with van der Waals surface area (Å²) in [5.74, 6) is -0.0351. The number of anilines is 2. The number of aryl methyl sites for hydroxylation is 1. The van der Waals surface area contributed by atoms with Gasteiger partial charge in [-0.15, -0.1) is 11.3 Å². The number of thiazole rings is 1. The minimum Gasteiger partial charge on any atom is -0.374 e. The van der Waals surface area contributed by atoms with Gasteiger partial charge in [-0.2, -0.15) is 0 Å². The molecule has 1 aliphatic rings. The molecule has 1 amide bonds. The van der Waals surface area contributed by atoms with Gasteiger partial charge in [0.2, 0.25) is 5.91 Å². The third-order valence-electron chi connectivity index (χ3n) is 4.73. The molecule has 2 heterocycles. The maximum Gasteiger partial charge on any atom is 0.230 e. The van der Waals surface area contributed by atoms with Gasteiger partial charge in [-0.1, -0.05) is 36.4 Å². The Balaban J connectivity index is 1.52. The van der Waals surface area contributed by atoms with Crippen molar-refractivity contribution in [2.75, 3.05) is 23.8 Å². The number of carbonyl (C=O) groups excluding carboxylic acids is 1. The van der Waals surface area contributed by atoms with E-state index in [0.29, 0.717) is 11.6 Å². The SMILES string of the molecule is Cc1sc(NC(=O)Cc2ccccc2)nc1-c1ccc2c(c1)CCN2C. The molecule has 1 N–H and O–H groups in total. The van der Waals surface area contributed by atoms with Gasteiger partial charge < -0.3 is 10.2 Å². The van der Waals surface area contributed by atoms with E-state index in [2.05, 4.69) is 47.4 Å². The van der Waals surface area contributed by atoms with Gasteiger partial charge in [0.25, 0.3) is 0 Å². The standard InChI is InChI=1S/C21H21N3OS/c1-14-20(17-8-9-18-16(13-17)10-11-24(18)2)23-21(26-14)22-19(25)12-15-6-4-3-5-7-15/h3-9,13H,10-12H2,1-2H3,(H,22,23,25). The van der Waals surface area contributed by atoms with Crippen molar-refractivity contribution in [3.05, 3.63) is 64.5 Å². The van der Waals surface area contributed by atoms with Crippen molar-refractivity contribution >= 4 is 28.1 Å². The van der Waals surface area contributed by atoms with Crippen LogP contribution in [0.4, 0.5) is 10.8 Å². The van der Waals surface area contributed by atoms with E-state index in [0.717, 1.165) is 34.7 Å². The average molecular weight is 363 g/mol. The van der Waals surface area contributed by atoms with Gasteiger partial charge in [-0.25, -0.2) is 4.98 Å². The molecule has 0 saturated carbocycles. The lowest BCUT2D eigenvalue weighted by molar-refractivity contribution is -0.115. The third-order valence-corrected chi connectivity index (χ3v) is 5.62. The number of benzene rings is 2. The molecule has 0 aliphatic carbocycles. The van der Waals surface area contributed by atoms with Gasteiger partial charge in [-0.3, -0.25) is 4.79 Å². The molecule has 132 valence electrons. The van der Waals surface area contributed by atoms with Crippen molar-refractivity contribution in [2.45, 2.75) is 19.8 Å². The number of amides is 1. The predicted octanol–water partition coefficient (Wildman–Crippen LogP) is 4.29. The lowest BCUT2D eigenvalue weighted by atomic mass is 10.1. The molecular weight excluding hydrogens is 342 g/mol. The van der Waals surface area contributed by atoms with Gasteiger partial charge >= 0.3 is 0 Å². The second kappa shape index (κ2) is 6.92. The number of nitrogens with one attached hydrogen (secondary N) is 1. The Morgan fingerprint density at radius 2 is 2.04 bits per heavy atom. The van der Waals surface area contributed by atoms with Crippen LogP contribution >= 0.6 is 11.3 Å². The van der Waals surface area contributed by atoms with Crippen molar-refractivity contribution in [3.63, 3.8) is 0 Å². The van der Waals surface area contributed by atoms with Crippen molar-refractivity contribution in [1.82, 2.24) is 4.98 Å². The summed E-state index contributed by atoms with van der Waals surface area (Å²) in [6.07, 6.45) is 1.43. The number of likely N-dealkylation sites (N-methyl/N-ethyl adjacent to an activating group) is 1. The summed E-state index contributed by atoms with van der Waals surface area (Å²) in [5.41, 5.74) is 5.75. The van der Waals surface area contributed by atoms with Crippen LogP contribution < -0.4 is 10.2 Å². The van der Waals surface area contributed by atoms with Gasteiger partial charge in [-0.05, 0) is 36.6 Å². The highest BCUT2D eigenvalue weighted by atomic mass is 32.1. The summed E-state index contributed by atoms with van der Waals surface area (Å²) in [6.45, 7) is 3.12. The second-order valence-electron chi connectivity index (χ2n) is 6.65. The number of hydrogen-bond acceptors (Lipinski definition) is 4. The summed E-state index contributed by atoms with van der Waals surface area (Å²) in [4.78, 5) is 20.4. The van der Waals surface area contributed by atoms with Crippen LogP contribution in [0.3, 0.4) is 0 Å². The monoisotopic (exact) mass is 363 g/mol. The first kappa shape index (κ1) is 16.8. The van der Waals surface area contributed by atoms with E-state index in [-0.39, 0.29) is 5.91 Å². The maximum absolute atomic E-state index is 12.3. The molecular formula is C21H21N3OS. The van der Waals surface area contributed by atoms with Gasteiger partial charge in [0.05, 0.1) is 12.1 Å². The van der Waals surface area contributed by atoms with E-state index in [4.69, 9.17) is 0 Å². The number of hydrogen-bond donors (Lipinski definition) is 1. The smallest absolute Gasteiger partial charge is 0.230 e. The summed E-state index contributed by atoms with van der Waals surface area (Å²) >= 11 is 1.53. The highest BCUT2D eigenvalue weighted by molar-refractivity contribution is 7.16. The number of fused-ring (bicyclic) bond motifs is 1. The molecule has 4 nitrogen and oxygen atoms in total. The van der Waals surface area contributed by atoms with Crippen LogP contribution in [0.5, 0.6) is 0 Å². The van der Waals surface area contributed by atoms with Crippen LogP contribution in [-0.4, -0.2) is 24.5 Å². The van der Waals surface area contributed by atoms with E-state index in [9.17, 15) is 4.79 Å². The fourth-order valence-corrected chi connectivity index (χ4v) is 4.23. The molecule has 3 aromatic rings. The first-order valence-corrected chi connectivity index (χ1v) is 9.57. The summed E-state index contributed by atoms with van der Waals surface area (Å²) in [7, 11) is 2.12. The van der Waals surface area contributed by atoms with Crippen LogP contribution in [0.2, 0.25) is 0 Å². The number of rotatable bonds is 4. The van der Waals surface area contributed by atoms with Crippen LogP contribution in [0, 0.1) is 6.92 Å². The molecule has 26 heavy (non-hydrogen) atoms. The molecule has 2 aromatic carbocycles. The molecule has 0 atom stereocenters. The Morgan fingerprint density at radius 3 is 2.85 bits per heavy atom. The van der Waals surface area contributed by atoms with E-state index in [1.807, 2.05) is 30.3 Å². The Hall–Kier alpha value is -2.66. The molecule has 1 aromatic heterocycles. The largest absolute Gasteiger partial charge is 0.374 e. The highest BCUT2D eigenvalue weighted by Gasteiger charge is 2.18. The molecule has 1 aliphatic heterocycles. The Labute approximate surface area is 157 Å². The summed E-state index contributed by atoms with van der Waals surface area (Å²) in [6, 6.07) is 16.3. The van der Waals surface area contributed by atoms with Crippen molar-refractivity contribution in [2.24, 2.45) is 0 Å². The summed E-state index contributed by atoms with van der Waals surface area (Å²) < 4.78 is 0. The van der Waals surface area contributed by atoms with Crippen LogP contribution in [0.1, 0.15) is 16.0 Å². The molecule has 0 radical (unpaired) electrons. The Kier molecular flexibility index (Phi) is 4.47. The molecule has 4 rings (SSSR count). The molecule has 0 spiro atoms. The van der Waals surface area contributed by atoms with E-state index in [1.54, 1.807) is 0 Å². The lowest BCUT2D eigenvalue weighted by Gasteiger charge is -2.11. The number of aromatic nitrogens is 1. The van der Waals surface area contributed by atoms with Crippen LogP contribution in [0.15, 0.2) is 48.5 Å². The van der Waals surface area contributed by atoms with Crippen molar-refractivity contribution < 1.29 is 4.79 Å². The minimum absolute atomic E-state index is 0.0351. The van der Waals surface area contributed by atoms with Gasteiger partial charge in [0, 0.05) is 29.7 Å². The first-order valence-electron chi connectivity index (χ1n) is 8.76. The zero-order chi connectivity index (χ0) is 18.1. The topological polar surface area (TPSA) is 45.2 Å². The molecule has 0 saturated heterocycles. The Morgan fingerprint density at radius 1 is 1.23 bits per heavy atom. The summed E-state index contributed by atoms with van der Waals surface area (Å²) in [5, 5.41) is 3.60. The zero-order valence-electron chi connectivity index (χ0n) is 15.0. The van der Waals surface area contributed by atoms with Crippen LogP contribution in [0.25, 0.3) is 11.3 Å². The van der Waals surface area contributed by atoms with Gasteiger partial charge in [0.1, 0.15) is 0 Å². The quantitative estimate of drug-likeness (QED) is 0.752. The molecule has 0 fully saturated rings. The zero-order valence-corrected chi connectivity index (χ0v) is 15.8. The number of carbonyl (C=O) groups is 1. The fourth-order valence-electron chi connectivity index (χ4n) is 3.38. The maximum atomic E-state index is 12.3. The highest BCUT2D eigenvalue weighted by Crippen LogP contribution is 2.35. The number of nitrogens with zero attached hydrogens (tertiary/aromatic N) is 2. The van der Waals surface area contributed by atoms with E-state index in [1.165, 1.54) is 22.6 Å². The van der Waals surface area contributed by atoms with Gasteiger partial charge in [0.15, 0.2) is 5.13 Å². The first-order chi connectivity index (χ1) is 12.6. The lowest BCUT2D eigenvalue weighted by Crippen LogP contribution is -2.14. The molecule has 0 unspecified atom stereocenters. The van der Waals surface area contributed by atoms with Crippen molar-refractivity contribution in [1.29, 1.82) is 0 Å². The molecule has 0 bridgehead atoms. The third kappa shape index (κ3) is 3.35. The average Bonchev–Trinajstić information content (AvgIpc) is 3.18. The van der Waals surface area contributed by atoms with E-state index < -0.39 is 0 Å². The normalized spacial score (nSPS) is 12.9. The Bertz CT molecular complexity index is 949. The van der Waals surface area contributed by atoms with Crippen molar-refractivity contribution in [3.8, 4) is 11.3 Å². The fraction of sp³-hybridized carbons (Fsp3) is 0.238. The van der Waals surface area contributed by atoms with Crippen LogP contribution in [-0.2, 0) is 17.6 Å². The predicted molar refractivity (Wildman–Crippen MR) is 108 cm³/mol. The minimum atomic E-state index is -0.0351. The second-order valence-corrected chi connectivity index (χ2v) is 7.85.